The summed E-state index contributed by atoms with van der Waals surface area (Å²) < 4.78 is 18.3. The summed E-state index contributed by atoms with van der Waals surface area (Å²) in [5.74, 6) is 0.336. The molecule has 12 heteroatoms. The van der Waals surface area contributed by atoms with Gasteiger partial charge in [-0.1, -0.05) is 34.8 Å². The first-order chi connectivity index (χ1) is 19.9. The van der Waals surface area contributed by atoms with Gasteiger partial charge in [0.15, 0.2) is 5.69 Å². The first kappa shape index (κ1) is 30.9. The highest BCUT2D eigenvalue weighted by Crippen LogP contribution is 2.43. The molecule has 0 spiro atoms. The third-order valence-corrected chi connectivity index (χ3v) is 7.97. The number of amides is 1. The van der Waals surface area contributed by atoms with Crippen LogP contribution in [0.4, 0.5) is 0 Å². The van der Waals surface area contributed by atoms with Crippen LogP contribution < -0.4 is 19.9 Å². The summed E-state index contributed by atoms with van der Waals surface area (Å²) in [6.07, 6.45) is 3.61. The minimum absolute atomic E-state index is 0.129. The van der Waals surface area contributed by atoms with Crippen LogP contribution in [0.2, 0.25) is 10.0 Å². The van der Waals surface area contributed by atoms with E-state index in [1.807, 2.05) is 26.8 Å². The Morgan fingerprint density at radius 2 is 1.88 bits per heavy atom. The molecule has 0 bridgehead atoms. The van der Waals surface area contributed by atoms with Crippen molar-refractivity contribution >= 4 is 46.9 Å². The lowest BCUT2D eigenvalue weighted by molar-refractivity contribution is -0.644. The van der Waals surface area contributed by atoms with Gasteiger partial charge >= 0.3 is 5.97 Å². The molecule has 2 aromatic carbocycles. The van der Waals surface area contributed by atoms with Crippen LogP contribution in [0, 0.1) is 0 Å². The molecule has 0 unspecified atom stereocenters. The molecule has 3 aromatic rings. The van der Waals surface area contributed by atoms with Gasteiger partial charge in [-0.2, -0.15) is 5.10 Å². The number of carbonyl (C=O) groups excluding carboxylic acids is 2. The number of H-pyrrole nitrogens is 1. The molecule has 3 N–H and O–H groups in total. The van der Waals surface area contributed by atoms with Gasteiger partial charge in [0.1, 0.15) is 24.7 Å². The van der Waals surface area contributed by atoms with E-state index in [1.165, 1.54) is 26.6 Å². The van der Waals surface area contributed by atoms with Gasteiger partial charge < -0.3 is 24.8 Å². The normalized spacial score (nSPS) is 12.9. The molecule has 0 fully saturated rings. The number of esters is 1. The molecule has 1 aromatic heterocycles. The molecule has 42 heavy (non-hydrogen) atoms. The van der Waals surface area contributed by atoms with Gasteiger partial charge in [0.2, 0.25) is 5.69 Å². The summed E-state index contributed by atoms with van der Waals surface area (Å²) in [4.78, 5) is 31.4. The van der Waals surface area contributed by atoms with E-state index in [2.05, 4.69) is 14.8 Å². The molecule has 4 rings (SSSR count). The summed E-state index contributed by atoms with van der Waals surface area (Å²) in [7, 11) is 4.61. The number of ether oxygens (including phenoxy) is 3. The number of nitrogens with one attached hydrogen (secondary N) is 1. The number of aromatic amines is 1. The zero-order chi connectivity index (χ0) is 30.8. The van der Waals surface area contributed by atoms with Crippen LogP contribution in [0.5, 0.6) is 11.5 Å². The molecule has 0 aliphatic carbocycles. The molecule has 10 nitrogen and oxygen atoms in total. The minimum atomic E-state index is -0.486. The van der Waals surface area contributed by atoms with Gasteiger partial charge in [-0.25, -0.2) is 0 Å². The number of carbonyl (C=O) groups is 2. The molecule has 1 aliphatic rings. The number of hydrogen-bond donors (Lipinski definition) is 2. The zero-order valence-corrected chi connectivity index (χ0v) is 25.9. The van der Waals surface area contributed by atoms with Gasteiger partial charge in [0, 0.05) is 64.4 Å². The average molecular weight is 616 g/mol. The number of aromatic nitrogens is 2. The van der Waals surface area contributed by atoms with Crippen LogP contribution in [0.15, 0.2) is 41.5 Å². The van der Waals surface area contributed by atoms with Gasteiger partial charge in [-0.05, 0) is 32.4 Å². The second-order valence-corrected chi connectivity index (χ2v) is 11.2. The fourth-order valence-electron chi connectivity index (χ4n) is 4.53. The first-order valence-electron chi connectivity index (χ1n) is 13.2. The van der Waals surface area contributed by atoms with Crippen molar-refractivity contribution in [1.82, 2.24) is 10.00 Å². The molecular formula is C30H34Cl2N5O5+. The van der Waals surface area contributed by atoms with Gasteiger partial charge in [-0.3, -0.25) is 14.6 Å². The molecule has 1 aliphatic heterocycles. The van der Waals surface area contributed by atoms with E-state index >= 15 is 0 Å². The number of halogens is 2. The van der Waals surface area contributed by atoms with E-state index in [9.17, 15) is 9.59 Å². The Hall–Kier alpha value is -4.02. The van der Waals surface area contributed by atoms with Crippen molar-refractivity contribution in [2.75, 3.05) is 27.8 Å². The summed E-state index contributed by atoms with van der Waals surface area (Å²) in [5.41, 5.74) is 9.71. The van der Waals surface area contributed by atoms with E-state index in [1.54, 1.807) is 40.9 Å². The van der Waals surface area contributed by atoms with Crippen molar-refractivity contribution in [1.29, 1.82) is 0 Å². The van der Waals surface area contributed by atoms with E-state index in [-0.39, 0.29) is 19.1 Å². The number of nitrogens with two attached hydrogens (primary N) is 1. The average Bonchev–Trinajstić information content (AvgIpc) is 3.37. The molecule has 0 saturated heterocycles. The standard InChI is InChI=1S/C30H33Cl2N5O5/c1-7-30(2,3)36(4)29(39)27-23-16-42-25-12-24(40-5)21(17(13-33)14-34-15-26(38)41-6)11-22(25)28(23)37(35-27)20-9-18(31)8-19(32)10-20/h8-14H,7,15-16H2,1-6H3,(H2,33,34)/p+1. The summed E-state index contributed by atoms with van der Waals surface area (Å²) in [6.45, 7) is 6.02. The third-order valence-electron chi connectivity index (χ3n) is 7.53. The van der Waals surface area contributed by atoms with Crippen molar-refractivity contribution in [2.45, 2.75) is 39.3 Å². The fourth-order valence-corrected chi connectivity index (χ4v) is 5.04. The Kier molecular flexibility index (Phi) is 9.18. The lowest BCUT2D eigenvalue weighted by Gasteiger charge is -2.34. The molecule has 1 amide bonds. The topological polar surface area (TPSA) is 123 Å². The lowest BCUT2D eigenvalue weighted by atomic mass is 9.95. The largest absolute Gasteiger partial charge is 0.496 e. The van der Waals surface area contributed by atoms with Crippen LogP contribution in [0.3, 0.4) is 0 Å². The quantitative estimate of drug-likeness (QED) is 0.199. The van der Waals surface area contributed by atoms with Crippen LogP contribution >= 0.6 is 23.2 Å². The number of allylic oxidation sites excluding steroid dienone is 1. The van der Waals surface area contributed by atoms with Crippen LogP contribution in [-0.2, 0) is 16.1 Å². The number of nitrogens with zero attached hydrogens (tertiary/aromatic N) is 3. The minimum Gasteiger partial charge on any atom is -0.496 e. The summed E-state index contributed by atoms with van der Waals surface area (Å²) >= 11 is 12.8. The van der Waals surface area contributed by atoms with Crippen LogP contribution in [0.25, 0.3) is 22.5 Å². The monoisotopic (exact) mass is 614 g/mol. The van der Waals surface area contributed by atoms with Crippen LogP contribution in [0.1, 0.15) is 48.8 Å². The molecule has 222 valence electrons. The van der Waals surface area contributed by atoms with Crippen LogP contribution in [-0.4, -0.2) is 61.4 Å². The molecule has 0 saturated carbocycles. The predicted molar refractivity (Wildman–Crippen MR) is 163 cm³/mol. The number of rotatable bonds is 9. The molecular weight excluding hydrogens is 581 g/mol. The molecule has 0 atom stereocenters. The zero-order valence-electron chi connectivity index (χ0n) is 24.4. The van der Waals surface area contributed by atoms with Gasteiger partial charge in [0.05, 0.1) is 25.3 Å². The maximum absolute atomic E-state index is 13.9. The lowest BCUT2D eigenvalue weighted by Crippen LogP contribution is -2.45. The van der Waals surface area contributed by atoms with E-state index in [0.29, 0.717) is 60.9 Å². The number of hydrogen-bond acceptors (Lipinski definition) is 7. The number of aliphatic imine (C=N–C) groups is 1. The summed E-state index contributed by atoms with van der Waals surface area (Å²) in [6, 6.07) is 8.74. The predicted octanol–water partition coefficient (Wildman–Crippen LogP) is 4.97. The van der Waals surface area contributed by atoms with Crippen molar-refractivity contribution < 1.29 is 28.5 Å². The third kappa shape index (κ3) is 5.96. The highest BCUT2D eigenvalue weighted by Gasteiger charge is 2.40. The Morgan fingerprint density at radius 1 is 1.19 bits per heavy atom. The highest BCUT2D eigenvalue weighted by atomic mass is 35.5. The van der Waals surface area contributed by atoms with Gasteiger partial charge in [0.25, 0.3) is 11.6 Å². The summed E-state index contributed by atoms with van der Waals surface area (Å²) in [5, 5.41) is 4.17. The van der Waals surface area contributed by atoms with Crippen molar-refractivity contribution in [3.63, 3.8) is 0 Å². The smallest absolute Gasteiger partial charge is 0.327 e. The Bertz CT molecular complexity index is 1570. The maximum Gasteiger partial charge on any atom is 0.327 e. The number of methoxy groups -OCH3 is 2. The van der Waals surface area contributed by atoms with Gasteiger partial charge in [-0.15, -0.1) is 0 Å². The van der Waals surface area contributed by atoms with Crippen molar-refractivity contribution in [3.05, 3.63) is 63.4 Å². The Balaban J connectivity index is 1.96. The Morgan fingerprint density at radius 3 is 2.48 bits per heavy atom. The SMILES string of the molecule is CCC(C)(C)N(C)C(=O)c1[nH][n+](-c2cc(Cl)cc(Cl)c2)c2c1COc1cc(OC)c(C(C=NCC(=O)OC)=CN)cc1-2. The number of benzene rings is 2. The van der Waals surface area contributed by atoms with E-state index in [4.69, 9.17) is 38.4 Å². The number of fused-ring (bicyclic) bond motifs is 3. The van der Waals surface area contributed by atoms with E-state index < -0.39 is 11.5 Å². The fraction of sp³-hybridized carbons (Fsp3) is 0.333. The Labute approximate surface area is 254 Å². The molecule has 0 radical (unpaired) electrons. The maximum atomic E-state index is 13.9. The second-order valence-electron chi connectivity index (χ2n) is 10.3. The van der Waals surface area contributed by atoms with Crippen molar-refractivity contribution in [3.8, 4) is 28.4 Å². The molecule has 2 heterocycles. The second kappa shape index (κ2) is 12.5. The van der Waals surface area contributed by atoms with E-state index in [0.717, 1.165) is 6.42 Å². The first-order valence-corrected chi connectivity index (χ1v) is 14.0. The van der Waals surface area contributed by atoms with Crippen molar-refractivity contribution in [2.24, 2.45) is 10.7 Å². The highest BCUT2D eigenvalue weighted by molar-refractivity contribution is 6.34.